The van der Waals surface area contributed by atoms with Gasteiger partial charge in [0.2, 0.25) is 0 Å². The molecule has 4 nitrogen and oxygen atoms in total. The van der Waals surface area contributed by atoms with Gasteiger partial charge in [0.15, 0.2) is 0 Å². The minimum absolute atomic E-state index is 0.217. The molecule has 158 valence electrons. The SMILES string of the molecule is CCCCCCCCCCCCCC[N+](CC)(CC)CCCS(=O)(=O)[O-]. The van der Waals surface area contributed by atoms with Gasteiger partial charge in [-0.2, -0.15) is 0 Å². The number of hydrogen-bond acceptors (Lipinski definition) is 3. The molecular formula is C21H45NO3S. The zero-order chi connectivity index (χ0) is 19.7. The van der Waals surface area contributed by atoms with Crippen LogP contribution in [0.2, 0.25) is 0 Å². The summed E-state index contributed by atoms with van der Waals surface area (Å²) in [6.07, 6.45) is 16.8. The molecule has 0 heterocycles. The highest BCUT2D eigenvalue weighted by atomic mass is 32.2. The van der Waals surface area contributed by atoms with Gasteiger partial charge in [-0.1, -0.05) is 71.1 Å². The summed E-state index contributed by atoms with van der Waals surface area (Å²) in [5, 5.41) is 0. The van der Waals surface area contributed by atoms with E-state index in [4.69, 9.17) is 0 Å². The molecule has 26 heavy (non-hydrogen) atoms. The molecule has 0 aliphatic heterocycles. The third-order valence-electron chi connectivity index (χ3n) is 5.85. The van der Waals surface area contributed by atoms with Crippen molar-refractivity contribution in [1.29, 1.82) is 0 Å². The first kappa shape index (κ1) is 25.9. The molecular weight excluding hydrogens is 346 g/mol. The molecule has 0 amide bonds. The van der Waals surface area contributed by atoms with Gasteiger partial charge in [-0.05, 0) is 26.7 Å². The van der Waals surface area contributed by atoms with Crippen molar-refractivity contribution in [2.75, 3.05) is 31.9 Å². The second-order valence-corrected chi connectivity index (χ2v) is 9.45. The normalized spacial score (nSPS) is 12.6. The van der Waals surface area contributed by atoms with Crippen LogP contribution in [0.15, 0.2) is 0 Å². The van der Waals surface area contributed by atoms with Crippen LogP contribution in [0.3, 0.4) is 0 Å². The Kier molecular flexibility index (Phi) is 15.8. The third kappa shape index (κ3) is 15.0. The van der Waals surface area contributed by atoms with E-state index >= 15 is 0 Å². The molecule has 0 bridgehead atoms. The summed E-state index contributed by atoms with van der Waals surface area (Å²) in [6.45, 7) is 10.6. The maximum absolute atomic E-state index is 10.8. The van der Waals surface area contributed by atoms with Crippen LogP contribution in [-0.2, 0) is 10.1 Å². The van der Waals surface area contributed by atoms with Gasteiger partial charge < -0.3 is 9.04 Å². The second-order valence-electron chi connectivity index (χ2n) is 7.93. The van der Waals surface area contributed by atoms with E-state index in [0.717, 1.165) is 30.7 Å². The average molecular weight is 392 g/mol. The topological polar surface area (TPSA) is 57.2 Å². The molecule has 0 aliphatic rings. The van der Waals surface area contributed by atoms with E-state index in [9.17, 15) is 13.0 Å². The van der Waals surface area contributed by atoms with Crippen LogP contribution in [0, 0.1) is 0 Å². The van der Waals surface area contributed by atoms with E-state index in [0.29, 0.717) is 6.42 Å². The Balaban J connectivity index is 3.70. The first-order valence-corrected chi connectivity index (χ1v) is 12.8. The first-order chi connectivity index (χ1) is 12.4. The van der Waals surface area contributed by atoms with Crippen molar-refractivity contribution >= 4 is 10.1 Å². The summed E-state index contributed by atoms with van der Waals surface area (Å²) in [6, 6.07) is 0. The van der Waals surface area contributed by atoms with Gasteiger partial charge in [-0.25, -0.2) is 8.42 Å². The number of nitrogens with zero attached hydrogens (tertiary/aromatic N) is 1. The van der Waals surface area contributed by atoms with E-state index in [-0.39, 0.29) is 5.75 Å². The Morgan fingerprint density at radius 2 is 1.00 bits per heavy atom. The smallest absolute Gasteiger partial charge is 0.0948 e. The molecule has 0 aromatic rings. The number of quaternary nitrogens is 1. The van der Waals surface area contributed by atoms with Gasteiger partial charge in [0, 0.05) is 12.2 Å². The largest absolute Gasteiger partial charge is 0.748 e. The zero-order valence-electron chi connectivity index (χ0n) is 17.8. The molecule has 0 fully saturated rings. The molecule has 0 spiro atoms. The van der Waals surface area contributed by atoms with Crippen LogP contribution in [0.5, 0.6) is 0 Å². The molecule has 0 rings (SSSR count). The fraction of sp³-hybridized carbons (Fsp3) is 1.00. The number of rotatable bonds is 19. The fourth-order valence-electron chi connectivity index (χ4n) is 3.83. The van der Waals surface area contributed by atoms with Gasteiger partial charge >= 0.3 is 0 Å². The highest BCUT2D eigenvalue weighted by Gasteiger charge is 2.22. The van der Waals surface area contributed by atoms with Crippen molar-refractivity contribution < 1.29 is 17.5 Å². The lowest BCUT2D eigenvalue weighted by atomic mass is 10.0. The van der Waals surface area contributed by atoms with Crippen LogP contribution < -0.4 is 0 Å². The molecule has 0 aliphatic carbocycles. The second kappa shape index (κ2) is 15.9. The zero-order valence-corrected chi connectivity index (χ0v) is 18.6. The minimum atomic E-state index is -4.07. The Morgan fingerprint density at radius 1 is 0.615 bits per heavy atom. The molecule has 0 radical (unpaired) electrons. The maximum atomic E-state index is 10.8. The number of unbranched alkanes of at least 4 members (excludes halogenated alkanes) is 11. The Labute approximate surface area is 164 Å². The summed E-state index contributed by atoms with van der Waals surface area (Å²) in [4.78, 5) is 0. The lowest BCUT2D eigenvalue weighted by Gasteiger charge is -2.37. The fourth-order valence-corrected chi connectivity index (χ4v) is 4.32. The lowest BCUT2D eigenvalue weighted by molar-refractivity contribution is -0.925. The highest BCUT2D eigenvalue weighted by molar-refractivity contribution is 7.85. The summed E-state index contributed by atoms with van der Waals surface area (Å²) in [7, 11) is -4.07. The molecule has 0 atom stereocenters. The molecule has 0 N–H and O–H groups in total. The molecule has 0 saturated carbocycles. The van der Waals surface area contributed by atoms with Crippen molar-refractivity contribution in [3.63, 3.8) is 0 Å². The summed E-state index contributed by atoms with van der Waals surface area (Å²) in [5.41, 5.74) is 0. The molecule has 0 aromatic carbocycles. The van der Waals surface area contributed by atoms with Gasteiger partial charge in [-0.3, -0.25) is 0 Å². The predicted molar refractivity (Wildman–Crippen MR) is 111 cm³/mol. The van der Waals surface area contributed by atoms with Crippen molar-refractivity contribution in [2.24, 2.45) is 0 Å². The van der Waals surface area contributed by atoms with E-state index in [1.54, 1.807) is 0 Å². The Hall–Kier alpha value is -0.130. The summed E-state index contributed by atoms with van der Waals surface area (Å²) in [5.74, 6) is -0.217. The van der Waals surface area contributed by atoms with Crippen LogP contribution in [0.1, 0.15) is 104 Å². The van der Waals surface area contributed by atoms with Crippen LogP contribution in [0.25, 0.3) is 0 Å². The third-order valence-corrected chi connectivity index (χ3v) is 6.64. The Morgan fingerprint density at radius 3 is 1.38 bits per heavy atom. The van der Waals surface area contributed by atoms with Crippen molar-refractivity contribution in [3.05, 3.63) is 0 Å². The van der Waals surface area contributed by atoms with Crippen molar-refractivity contribution in [1.82, 2.24) is 0 Å². The van der Waals surface area contributed by atoms with Crippen molar-refractivity contribution in [2.45, 2.75) is 104 Å². The standard InChI is InChI=1S/C21H45NO3S/c1-4-7-8-9-10-11-12-13-14-15-16-17-19-22(5-2,6-3)20-18-21-26(23,24)25/h4-21H2,1-3H3. The van der Waals surface area contributed by atoms with Crippen LogP contribution in [0.4, 0.5) is 0 Å². The first-order valence-electron chi connectivity index (χ1n) is 11.2. The van der Waals surface area contributed by atoms with Gasteiger partial charge in [0.25, 0.3) is 0 Å². The highest BCUT2D eigenvalue weighted by Crippen LogP contribution is 2.15. The minimum Gasteiger partial charge on any atom is -0.748 e. The maximum Gasteiger partial charge on any atom is 0.0948 e. The van der Waals surface area contributed by atoms with Crippen LogP contribution >= 0.6 is 0 Å². The predicted octanol–water partition coefficient (Wildman–Crippen LogP) is 5.48. The molecule has 0 aromatic heterocycles. The molecule has 5 heteroatoms. The van der Waals surface area contributed by atoms with E-state index in [1.807, 2.05) is 0 Å². The summed E-state index contributed by atoms with van der Waals surface area (Å²) < 4.78 is 33.4. The quantitative estimate of drug-likeness (QED) is 0.166. The van der Waals surface area contributed by atoms with E-state index in [1.165, 1.54) is 77.0 Å². The average Bonchev–Trinajstić information content (AvgIpc) is 2.60. The van der Waals surface area contributed by atoms with Gasteiger partial charge in [0.05, 0.1) is 36.3 Å². The number of hydrogen-bond donors (Lipinski definition) is 0. The lowest BCUT2D eigenvalue weighted by Crippen LogP contribution is -2.49. The van der Waals surface area contributed by atoms with Gasteiger partial charge in [-0.15, -0.1) is 0 Å². The van der Waals surface area contributed by atoms with E-state index < -0.39 is 10.1 Å². The monoisotopic (exact) mass is 391 g/mol. The van der Waals surface area contributed by atoms with Crippen LogP contribution in [-0.4, -0.2) is 49.4 Å². The summed E-state index contributed by atoms with van der Waals surface area (Å²) >= 11 is 0. The van der Waals surface area contributed by atoms with Crippen molar-refractivity contribution in [3.8, 4) is 0 Å². The van der Waals surface area contributed by atoms with E-state index in [2.05, 4.69) is 20.8 Å². The molecule has 0 saturated heterocycles. The Bertz CT molecular complexity index is 405. The van der Waals surface area contributed by atoms with Gasteiger partial charge in [0.1, 0.15) is 0 Å². The molecule has 0 unspecified atom stereocenters.